The second-order valence-electron chi connectivity index (χ2n) is 5.02. The number of imidazole rings is 1. The van der Waals surface area contributed by atoms with E-state index in [-0.39, 0.29) is 0 Å². The largest absolute Gasteiger partial charge is 0.342 e. The number of benzene rings is 1. The van der Waals surface area contributed by atoms with Crippen LogP contribution in [0, 0.1) is 6.92 Å². The molecule has 0 saturated carbocycles. The molecule has 19 heavy (non-hydrogen) atoms. The number of aryl methyl sites for hydroxylation is 3. The molecule has 0 aliphatic heterocycles. The number of rotatable bonds is 1. The number of aromatic nitrogens is 4. The maximum Gasteiger partial charge on any atom is 0.103 e. The molecule has 1 aromatic carbocycles. The Hall–Kier alpha value is -2.36. The lowest BCUT2D eigenvalue weighted by molar-refractivity contribution is 0.942. The summed E-state index contributed by atoms with van der Waals surface area (Å²) in [6.45, 7) is 1.97. The third-order valence-electron chi connectivity index (χ3n) is 3.77. The Bertz CT molecular complexity index is 751. The number of fused-ring (bicyclic) bond motifs is 3. The minimum atomic E-state index is 0.948. The SMILES string of the molecule is Cc1ncc(-c2ccc3c(c2)CCc2cn[nH]c2-3)[nH]1. The molecular weight excluding hydrogens is 236 g/mol. The van der Waals surface area contributed by atoms with Gasteiger partial charge >= 0.3 is 0 Å². The first-order chi connectivity index (χ1) is 9.31. The van der Waals surface area contributed by atoms with Crippen LogP contribution < -0.4 is 0 Å². The Morgan fingerprint density at radius 1 is 1.11 bits per heavy atom. The van der Waals surface area contributed by atoms with Crippen LogP contribution in [0.2, 0.25) is 0 Å². The molecule has 0 unspecified atom stereocenters. The van der Waals surface area contributed by atoms with Crippen molar-refractivity contribution < 1.29 is 0 Å². The summed E-state index contributed by atoms with van der Waals surface area (Å²) in [5.41, 5.74) is 7.42. The van der Waals surface area contributed by atoms with E-state index in [2.05, 4.69) is 38.4 Å². The molecular formula is C15H14N4. The van der Waals surface area contributed by atoms with Crippen LogP contribution in [0.25, 0.3) is 22.5 Å². The normalized spacial score (nSPS) is 13.1. The van der Waals surface area contributed by atoms with Crippen molar-refractivity contribution in [2.45, 2.75) is 19.8 Å². The molecule has 4 nitrogen and oxygen atoms in total. The van der Waals surface area contributed by atoms with Gasteiger partial charge in [-0.15, -0.1) is 0 Å². The summed E-state index contributed by atoms with van der Waals surface area (Å²) in [4.78, 5) is 7.54. The zero-order valence-corrected chi connectivity index (χ0v) is 10.7. The van der Waals surface area contributed by atoms with Crippen LogP contribution in [0.5, 0.6) is 0 Å². The molecule has 4 heteroatoms. The van der Waals surface area contributed by atoms with Crippen LogP contribution in [0.3, 0.4) is 0 Å². The number of H-pyrrole nitrogens is 2. The summed E-state index contributed by atoms with van der Waals surface area (Å²) in [7, 11) is 0. The quantitative estimate of drug-likeness (QED) is 0.697. The van der Waals surface area contributed by atoms with E-state index in [0.717, 1.165) is 24.4 Å². The van der Waals surface area contributed by atoms with E-state index in [1.54, 1.807) is 0 Å². The van der Waals surface area contributed by atoms with Gasteiger partial charge in [0.25, 0.3) is 0 Å². The first-order valence-corrected chi connectivity index (χ1v) is 6.49. The molecule has 4 rings (SSSR count). The molecule has 94 valence electrons. The Morgan fingerprint density at radius 3 is 2.84 bits per heavy atom. The van der Waals surface area contributed by atoms with Crippen LogP contribution in [-0.2, 0) is 12.8 Å². The van der Waals surface area contributed by atoms with Crippen LogP contribution in [0.1, 0.15) is 17.0 Å². The van der Waals surface area contributed by atoms with Crippen LogP contribution >= 0.6 is 0 Å². The minimum absolute atomic E-state index is 0.948. The highest BCUT2D eigenvalue weighted by molar-refractivity contribution is 5.73. The molecule has 0 bridgehead atoms. The average Bonchev–Trinajstić information content (AvgIpc) is 3.06. The topological polar surface area (TPSA) is 57.4 Å². The van der Waals surface area contributed by atoms with E-state index >= 15 is 0 Å². The second-order valence-corrected chi connectivity index (χ2v) is 5.02. The van der Waals surface area contributed by atoms with Crippen molar-refractivity contribution >= 4 is 0 Å². The first kappa shape index (κ1) is 10.6. The highest BCUT2D eigenvalue weighted by Crippen LogP contribution is 2.33. The summed E-state index contributed by atoms with van der Waals surface area (Å²) in [6, 6.07) is 6.57. The maximum absolute atomic E-state index is 4.26. The van der Waals surface area contributed by atoms with Crippen molar-refractivity contribution in [1.29, 1.82) is 0 Å². The molecule has 2 aromatic heterocycles. The fourth-order valence-corrected chi connectivity index (χ4v) is 2.78. The van der Waals surface area contributed by atoms with Gasteiger partial charge in [-0.1, -0.05) is 12.1 Å². The average molecular weight is 250 g/mol. The highest BCUT2D eigenvalue weighted by Gasteiger charge is 2.18. The number of nitrogens with zero attached hydrogens (tertiary/aromatic N) is 2. The van der Waals surface area contributed by atoms with E-state index in [4.69, 9.17) is 0 Å². The highest BCUT2D eigenvalue weighted by atomic mass is 15.1. The van der Waals surface area contributed by atoms with Gasteiger partial charge in [-0.2, -0.15) is 5.10 Å². The van der Waals surface area contributed by atoms with Gasteiger partial charge in [-0.05, 0) is 42.5 Å². The van der Waals surface area contributed by atoms with Crippen molar-refractivity contribution in [2.24, 2.45) is 0 Å². The van der Waals surface area contributed by atoms with Crippen molar-refractivity contribution in [3.63, 3.8) is 0 Å². The summed E-state index contributed by atoms with van der Waals surface area (Å²) in [5, 5.41) is 7.25. The molecule has 1 aliphatic carbocycles. The zero-order chi connectivity index (χ0) is 12.8. The number of hydrogen-bond acceptors (Lipinski definition) is 2. The van der Waals surface area contributed by atoms with Gasteiger partial charge in [0.05, 0.1) is 23.8 Å². The third kappa shape index (κ3) is 1.60. The maximum atomic E-state index is 4.26. The summed E-state index contributed by atoms with van der Waals surface area (Å²) < 4.78 is 0. The van der Waals surface area contributed by atoms with Crippen molar-refractivity contribution in [1.82, 2.24) is 20.2 Å². The zero-order valence-electron chi connectivity index (χ0n) is 10.7. The smallest absolute Gasteiger partial charge is 0.103 e. The van der Waals surface area contributed by atoms with Crippen LogP contribution in [0.4, 0.5) is 0 Å². The second kappa shape index (κ2) is 3.82. The molecule has 0 atom stereocenters. The Morgan fingerprint density at radius 2 is 2.00 bits per heavy atom. The van der Waals surface area contributed by atoms with E-state index in [1.165, 1.54) is 27.9 Å². The summed E-state index contributed by atoms with van der Waals surface area (Å²) in [6.07, 6.45) is 5.96. The first-order valence-electron chi connectivity index (χ1n) is 6.49. The Balaban J connectivity index is 1.84. The van der Waals surface area contributed by atoms with Crippen LogP contribution in [-0.4, -0.2) is 20.2 Å². The van der Waals surface area contributed by atoms with Gasteiger partial charge in [0.15, 0.2) is 0 Å². The minimum Gasteiger partial charge on any atom is -0.342 e. The molecule has 0 saturated heterocycles. The molecule has 3 aromatic rings. The lowest BCUT2D eigenvalue weighted by atomic mass is 9.89. The van der Waals surface area contributed by atoms with Gasteiger partial charge in [-0.3, -0.25) is 5.10 Å². The number of hydrogen-bond donors (Lipinski definition) is 2. The van der Waals surface area contributed by atoms with Gasteiger partial charge in [0.2, 0.25) is 0 Å². The van der Waals surface area contributed by atoms with E-state index < -0.39 is 0 Å². The molecule has 2 heterocycles. The molecule has 0 fully saturated rings. The van der Waals surface area contributed by atoms with Gasteiger partial charge in [0.1, 0.15) is 5.82 Å². The molecule has 0 radical (unpaired) electrons. The van der Waals surface area contributed by atoms with Gasteiger partial charge in [-0.25, -0.2) is 4.98 Å². The number of aromatic amines is 2. The molecule has 0 amide bonds. The number of nitrogens with one attached hydrogen (secondary N) is 2. The summed E-state index contributed by atoms with van der Waals surface area (Å²) >= 11 is 0. The van der Waals surface area contributed by atoms with E-state index in [1.807, 2.05) is 19.3 Å². The summed E-state index contributed by atoms with van der Waals surface area (Å²) in [5.74, 6) is 0.948. The van der Waals surface area contributed by atoms with E-state index in [0.29, 0.717) is 0 Å². The lowest BCUT2D eigenvalue weighted by Gasteiger charge is -2.16. The van der Waals surface area contributed by atoms with Gasteiger partial charge < -0.3 is 4.98 Å². The van der Waals surface area contributed by atoms with Crippen molar-refractivity contribution in [3.8, 4) is 22.5 Å². The Labute approximate surface area is 110 Å². The molecule has 0 spiro atoms. The fraction of sp³-hybridized carbons (Fsp3) is 0.200. The molecule has 2 N–H and O–H groups in total. The van der Waals surface area contributed by atoms with Gasteiger partial charge in [0, 0.05) is 5.56 Å². The van der Waals surface area contributed by atoms with Crippen LogP contribution in [0.15, 0.2) is 30.6 Å². The Kier molecular flexibility index (Phi) is 2.12. The monoisotopic (exact) mass is 250 g/mol. The predicted octanol–water partition coefficient (Wildman–Crippen LogP) is 2.87. The molecule has 1 aliphatic rings. The van der Waals surface area contributed by atoms with Crippen molar-refractivity contribution in [2.75, 3.05) is 0 Å². The standard InChI is InChI=1S/C15H14N4/c1-9-16-8-14(18-9)11-4-5-13-10(6-11)2-3-12-7-17-19-15(12)13/h4-8H,2-3H2,1H3,(H,16,18)(H,17,19). The van der Waals surface area contributed by atoms with Crippen molar-refractivity contribution in [3.05, 3.63) is 47.5 Å². The van der Waals surface area contributed by atoms with E-state index in [9.17, 15) is 0 Å². The lowest BCUT2D eigenvalue weighted by Crippen LogP contribution is -2.02. The predicted molar refractivity (Wildman–Crippen MR) is 73.8 cm³/mol. The fourth-order valence-electron chi connectivity index (χ4n) is 2.78. The third-order valence-corrected chi connectivity index (χ3v) is 3.77.